The standard InChI is InChI=1S/C4H14NP/c1-5-6(2,3)4/h5-6H,1-4H3. The quantitative estimate of drug-likeness (QED) is 0.488. The Labute approximate surface area is 40.5 Å². The van der Waals surface area contributed by atoms with Crippen molar-refractivity contribution in [3.05, 3.63) is 0 Å². The maximum atomic E-state index is 3.24. The molecule has 0 atom stereocenters. The van der Waals surface area contributed by atoms with E-state index in [1.807, 2.05) is 7.05 Å². The predicted molar refractivity (Wildman–Crippen MR) is 35.1 cm³/mol. The second kappa shape index (κ2) is 1.90. The molecule has 0 aliphatic carbocycles. The van der Waals surface area contributed by atoms with Crippen LogP contribution in [0, 0.1) is 0 Å². The van der Waals surface area contributed by atoms with Crippen LogP contribution in [0.1, 0.15) is 0 Å². The molecule has 0 aromatic heterocycles. The monoisotopic (exact) mass is 107 g/mol. The first kappa shape index (κ1) is 6.39. The number of rotatable bonds is 1. The van der Waals surface area contributed by atoms with Crippen molar-refractivity contribution in [1.29, 1.82) is 0 Å². The van der Waals surface area contributed by atoms with Crippen LogP contribution < -0.4 is 5.09 Å². The van der Waals surface area contributed by atoms with Gasteiger partial charge in [-0.1, -0.05) is 0 Å². The Hall–Kier alpha value is 0.390. The molecule has 0 saturated carbocycles. The molecule has 1 N–H and O–H groups in total. The zero-order chi connectivity index (χ0) is 5.21. The van der Waals surface area contributed by atoms with Crippen LogP contribution in [0.3, 0.4) is 0 Å². The van der Waals surface area contributed by atoms with Gasteiger partial charge in [0.15, 0.2) is 0 Å². The second-order valence-corrected chi connectivity index (χ2v) is 7.50. The molecule has 0 fully saturated rings. The van der Waals surface area contributed by atoms with Crippen LogP contribution in [-0.4, -0.2) is 27.0 Å². The third-order valence-electron chi connectivity index (χ3n) is 0.750. The summed E-state index contributed by atoms with van der Waals surface area (Å²) >= 11 is 0. The normalized spacial score (nSPS) is 14.7. The molecule has 0 aromatic rings. The Bertz CT molecular complexity index is 37.3. The van der Waals surface area contributed by atoms with E-state index >= 15 is 0 Å². The number of hydrogen-bond donors (Lipinski definition) is 1. The molecule has 0 unspecified atom stereocenters. The molecule has 0 aliphatic rings. The van der Waals surface area contributed by atoms with E-state index in [9.17, 15) is 0 Å². The predicted octanol–water partition coefficient (Wildman–Crippen LogP) is 0.760. The first-order chi connectivity index (χ1) is 2.56. The van der Waals surface area contributed by atoms with Crippen LogP contribution in [0.25, 0.3) is 0 Å². The Morgan fingerprint density at radius 3 is 1.33 bits per heavy atom. The first-order valence-electron chi connectivity index (χ1n) is 2.25. The number of nitrogens with one attached hydrogen (secondary N) is 1. The Morgan fingerprint density at radius 1 is 1.17 bits per heavy atom. The van der Waals surface area contributed by atoms with Gasteiger partial charge in [-0.15, -0.1) is 0 Å². The summed E-state index contributed by atoms with van der Waals surface area (Å²) in [6.07, 6.45) is 0. The molecule has 0 heterocycles. The fourth-order valence-electron chi connectivity index (χ4n) is 0. The summed E-state index contributed by atoms with van der Waals surface area (Å²) in [5.74, 6) is 0. The van der Waals surface area contributed by atoms with E-state index in [-0.39, 0.29) is 0 Å². The van der Waals surface area contributed by atoms with Gasteiger partial charge in [0.05, 0.1) is 0 Å². The van der Waals surface area contributed by atoms with Gasteiger partial charge >= 0.3 is 39.5 Å². The van der Waals surface area contributed by atoms with Crippen LogP contribution in [0.2, 0.25) is 0 Å². The van der Waals surface area contributed by atoms with Gasteiger partial charge in [0.1, 0.15) is 0 Å². The van der Waals surface area contributed by atoms with Crippen molar-refractivity contribution in [1.82, 2.24) is 5.09 Å². The third-order valence-corrected chi connectivity index (χ3v) is 2.25. The van der Waals surface area contributed by atoms with Crippen molar-refractivity contribution in [3.8, 4) is 0 Å². The van der Waals surface area contributed by atoms with E-state index in [0.717, 1.165) is 0 Å². The van der Waals surface area contributed by atoms with Crippen LogP contribution in [0.4, 0.5) is 0 Å². The van der Waals surface area contributed by atoms with Crippen molar-refractivity contribution in [2.45, 2.75) is 0 Å². The van der Waals surface area contributed by atoms with Gasteiger partial charge in [0.2, 0.25) is 0 Å². The zero-order valence-corrected chi connectivity index (χ0v) is 6.00. The van der Waals surface area contributed by atoms with Crippen LogP contribution in [0.5, 0.6) is 0 Å². The van der Waals surface area contributed by atoms with Crippen LogP contribution in [-0.2, 0) is 0 Å². The fraction of sp³-hybridized carbons (Fsp3) is 1.00. The molecule has 0 rings (SSSR count). The summed E-state index contributed by atoms with van der Waals surface area (Å²) in [4.78, 5) is 0. The third kappa shape index (κ3) is 4.39. The van der Waals surface area contributed by atoms with Gasteiger partial charge in [-0.2, -0.15) is 0 Å². The van der Waals surface area contributed by atoms with Crippen LogP contribution in [0.15, 0.2) is 0 Å². The first-order valence-corrected chi connectivity index (χ1v) is 5.75. The van der Waals surface area contributed by atoms with Gasteiger partial charge < -0.3 is 0 Å². The molecule has 0 radical (unpaired) electrons. The minimum atomic E-state index is -0.881. The molecule has 40 valence electrons. The minimum absolute atomic E-state index is 0.881. The summed E-state index contributed by atoms with van der Waals surface area (Å²) in [7, 11) is 1.14. The maximum absolute atomic E-state index is 3.24. The van der Waals surface area contributed by atoms with Gasteiger partial charge in [-0.3, -0.25) is 0 Å². The Kier molecular flexibility index (Phi) is 2.03. The van der Waals surface area contributed by atoms with Crippen molar-refractivity contribution in [2.24, 2.45) is 0 Å². The SMILES string of the molecule is CN[PH](C)(C)C. The van der Waals surface area contributed by atoms with Gasteiger partial charge in [0, 0.05) is 0 Å². The van der Waals surface area contributed by atoms with Gasteiger partial charge in [0.25, 0.3) is 0 Å². The number of hydrogen-bond acceptors (Lipinski definition) is 1. The van der Waals surface area contributed by atoms with Crippen LogP contribution >= 0.6 is 7.41 Å². The molecule has 0 saturated heterocycles. The molecule has 0 aromatic carbocycles. The van der Waals surface area contributed by atoms with Crippen molar-refractivity contribution >= 4 is 7.41 Å². The van der Waals surface area contributed by atoms with Gasteiger partial charge in [-0.05, 0) is 0 Å². The Balaban J connectivity index is 3.17. The molecule has 0 bridgehead atoms. The molecule has 0 amide bonds. The van der Waals surface area contributed by atoms with Gasteiger partial charge in [-0.25, -0.2) is 0 Å². The molecule has 0 aliphatic heterocycles. The summed E-state index contributed by atoms with van der Waals surface area (Å²) < 4.78 is 0. The molecule has 1 nitrogen and oxygen atoms in total. The van der Waals surface area contributed by atoms with Crippen molar-refractivity contribution < 1.29 is 0 Å². The average molecular weight is 107 g/mol. The Morgan fingerprint density at radius 2 is 1.33 bits per heavy atom. The topological polar surface area (TPSA) is 12.0 Å². The van der Waals surface area contributed by atoms with E-state index in [1.165, 1.54) is 0 Å². The van der Waals surface area contributed by atoms with E-state index in [4.69, 9.17) is 0 Å². The average Bonchev–Trinajstić information content (AvgIpc) is 1.35. The fourth-order valence-corrected chi connectivity index (χ4v) is 0. The van der Waals surface area contributed by atoms with E-state index in [1.54, 1.807) is 0 Å². The van der Waals surface area contributed by atoms with E-state index in [2.05, 4.69) is 25.1 Å². The molecule has 6 heavy (non-hydrogen) atoms. The second-order valence-electron chi connectivity index (χ2n) is 2.50. The molecule has 0 spiro atoms. The van der Waals surface area contributed by atoms with Crippen molar-refractivity contribution in [2.75, 3.05) is 27.0 Å². The van der Waals surface area contributed by atoms with E-state index in [0.29, 0.717) is 0 Å². The summed E-state index contributed by atoms with van der Waals surface area (Å²) in [5.41, 5.74) is 0. The zero-order valence-electron chi connectivity index (χ0n) is 5.00. The molecular formula is C4H14NP. The molecule has 2 heteroatoms. The molecular weight excluding hydrogens is 93.0 g/mol. The summed E-state index contributed by atoms with van der Waals surface area (Å²) in [5, 5.41) is 3.24. The summed E-state index contributed by atoms with van der Waals surface area (Å²) in [6, 6.07) is 0. The van der Waals surface area contributed by atoms with Crippen molar-refractivity contribution in [3.63, 3.8) is 0 Å². The van der Waals surface area contributed by atoms with E-state index < -0.39 is 7.41 Å². The summed E-state index contributed by atoms with van der Waals surface area (Å²) in [6.45, 7) is 6.81.